The summed E-state index contributed by atoms with van der Waals surface area (Å²) in [6.07, 6.45) is 5.51. The first-order valence-electron chi connectivity index (χ1n) is 10.4. The molecule has 0 unspecified atom stereocenters. The van der Waals surface area contributed by atoms with Crippen LogP contribution in [0.3, 0.4) is 0 Å². The molecule has 8 heteroatoms. The number of hydrogen-bond acceptors (Lipinski definition) is 5. The van der Waals surface area contributed by atoms with Crippen molar-refractivity contribution in [2.45, 2.75) is 55.4 Å². The van der Waals surface area contributed by atoms with Crippen LogP contribution in [0.25, 0.3) is 0 Å². The summed E-state index contributed by atoms with van der Waals surface area (Å²) in [6.45, 7) is 0. The summed E-state index contributed by atoms with van der Waals surface area (Å²) < 4.78 is 39.0. The molecule has 2 N–H and O–H groups in total. The van der Waals surface area contributed by atoms with Crippen molar-refractivity contribution in [3.63, 3.8) is 0 Å². The van der Waals surface area contributed by atoms with Gasteiger partial charge in [0.15, 0.2) is 11.5 Å². The molecule has 3 rings (SSSR count). The van der Waals surface area contributed by atoms with Crippen molar-refractivity contribution >= 4 is 16.0 Å². The Bertz CT molecular complexity index is 997. The first kappa shape index (κ1) is 23.1. The third kappa shape index (κ3) is 5.77. The van der Waals surface area contributed by atoms with Crippen molar-refractivity contribution in [2.24, 2.45) is 0 Å². The highest BCUT2D eigenvalue weighted by Crippen LogP contribution is 2.34. The van der Waals surface area contributed by atoms with Crippen LogP contribution in [0.4, 0.5) is 0 Å². The van der Waals surface area contributed by atoms with Crippen LogP contribution in [-0.2, 0) is 14.8 Å². The summed E-state index contributed by atoms with van der Waals surface area (Å²) in [6, 6.07) is 10.8. The fraction of sp³-hybridized carbons (Fsp3) is 0.435. The van der Waals surface area contributed by atoms with E-state index in [0.717, 1.165) is 18.4 Å². The van der Waals surface area contributed by atoms with E-state index >= 15 is 0 Å². The summed E-state index contributed by atoms with van der Waals surface area (Å²) in [5.41, 5.74) is 1.63. The maximum absolute atomic E-state index is 13.0. The van der Waals surface area contributed by atoms with E-state index in [1.54, 1.807) is 30.3 Å². The van der Waals surface area contributed by atoms with Crippen LogP contribution in [0.15, 0.2) is 47.4 Å². The number of carboxylic acids is 1. The van der Waals surface area contributed by atoms with Crippen molar-refractivity contribution in [2.75, 3.05) is 14.2 Å². The number of nitrogens with one attached hydrogen (secondary N) is 1. The Kier molecular flexibility index (Phi) is 7.56. The highest BCUT2D eigenvalue weighted by molar-refractivity contribution is 7.89. The molecule has 2 aromatic carbocycles. The zero-order chi connectivity index (χ0) is 22.4. The Hall–Kier alpha value is -2.58. The zero-order valence-corrected chi connectivity index (χ0v) is 18.7. The summed E-state index contributed by atoms with van der Waals surface area (Å²) >= 11 is 0. The van der Waals surface area contributed by atoms with Gasteiger partial charge in [0.2, 0.25) is 10.0 Å². The smallest absolute Gasteiger partial charge is 0.305 e. The standard InChI is InChI=1S/C23H29NO6S/c1-29-21-13-10-18(14-22(21)30-2)20(15-23(25)26)24-31(27,28)19-11-8-17(9-12-19)16-6-4-3-5-7-16/h8-14,16,20,24H,3-7,15H2,1-2H3,(H,25,26)/t20-/m0/s1. The van der Waals surface area contributed by atoms with Crippen LogP contribution in [0, 0.1) is 0 Å². The molecule has 0 bridgehead atoms. The second kappa shape index (κ2) is 10.2. The Balaban J connectivity index is 1.84. The van der Waals surface area contributed by atoms with Gasteiger partial charge in [-0.1, -0.05) is 37.5 Å². The minimum atomic E-state index is -3.92. The van der Waals surface area contributed by atoms with Gasteiger partial charge in [0.25, 0.3) is 0 Å². The molecule has 0 radical (unpaired) electrons. The van der Waals surface area contributed by atoms with Crippen LogP contribution in [0.2, 0.25) is 0 Å². The number of carbonyl (C=O) groups is 1. The Morgan fingerprint density at radius 3 is 2.26 bits per heavy atom. The number of benzene rings is 2. The first-order valence-corrected chi connectivity index (χ1v) is 11.9. The van der Waals surface area contributed by atoms with Gasteiger partial charge in [0.05, 0.1) is 31.6 Å². The van der Waals surface area contributed by atoms with Gasteiger partial charge in [-0.2, -0.15) is 0 Å². The van der Waals surface area contributed by atoms with Gasteiger partial charge in [0.1, 0.15) is 0 Å². The highest BCUT2D eigenvalue weighted by atomic mass is 32.2. The lowest BCUT2D eigenvalue weighted by Crippen LogP contribution is -2.30. The first-order chi connectivity index (χ1) is 14.8. The molecule has 0 spiro atoms. The fourth-order valence-corrected chi connectivity index (χ4v) is 5.31. The molecule has 1 aliphatic carbocycles. The Morgan fingerprint density at radius 2 is 1.68 bits per heavy atom. The van der Waals surface area contributed by atoms with Crippen molar-refractivity contribution in [3.05, 3.63) is 53.6 Å². The van der Waals surface area contributed by atoms with Crippen molar-refractivity contribution in [3.8, 4) is 11.5 Å². The maximum atomic E-state index is 13.0. The van der Waals surface area contributed by atoms with E-state index in [1.165, 1.54) is 33.5 Å². The Morgan fingerprint density at radius 1 is 1.03 bits per heavy atom. The minimum absolute atomic E-state index is 0.114. The monoisotopic (exact) mass is 447 g/mol. The second-order valence-corrected chi connectivity index (χ2v) is 9.50. The van der Waals surface area contributed by atoms with Gasteiger partial charge in [0, 0.05) is 0 Å². The van der Waals surface area contributed by atoms with Crippen molar-refractivity contribution in [1.82, 2.24) is 4.72 Å². The molecule has 31 heavy (non-hydrogen) atoms. The van der Waals surface area contributed by atoms with E-state index in [9.17, 15) is 18.3 Å². The highest BCUT2D eigenvalue weighted by Gasteiger charge is 2.25. The topological polar surface area (TPSA) is 102 Å². The zero-order valence-electron chi connectivity index (χ0n) is 17.8. The number of rotatable bonds is 9. The molecule has 0 saturated heterocycles. The van der Waals surface area contributed by atoms with Crippen LogP contribution in [0.1, 0.15) is 61.6 Å². The molecule has 2 aromatic rings. The molecule has 0 aromatic heterocycles. The predicted octanol–water partition coefficient (Wildman–Crippen LogP) is 4.25. The quantitative estimate of drug-likeness (QED) is 0.596. The van der Waals surface area contributed by atoms with Gasteiger partial charge in [-0.25, -0.2) is 13.1 Å². The number of methoxy groups -OCH3 is 2. The van der Waals surface area contributed by atoms with Gasteiger partial charge in [-0.15, -0.1) is 0 Å². The molecule has 1 atom stereocenters. The van der Waals surface area contributed by atoms with Gasteiger partial charge >= 0.3 is 5.97 Å². The SMILES string of the molecule is COc1ccc([C@H](CC(=O)O)NS(=O)(=O)c2ccc(C3CCCCC3)cc2)cc1OC. The van der Waals surface area contributed by atoms with Crippen molar-refractivity contribution < 1.29 is 27.8 Å². The van der Waals surface area contributed by atoms with Gasteiger partial charge in [-0.3, -0.25) is 4.79 Å². The molecule has 1 aliphatic rings. The van der Waals surface area contributed by atoms with E-state index in [1.807, 2.05) is 12.1 Å². The average Bonchev–Trinajstić information content (AvgIpc) is 2.78. The lowest BCUT2D eigenvalue weighted by atomic mass is 9.84. The molecule has 0 aliphatic heterocycles. The summed E-state index contributed by atoms with van der Waals surface area (Å²) in [5.74, 6) is 0.230. The fourth-order valence-electron chi connectivity index (χ4n) is 4.08. The third-order valence-corrected chi connectivity index (χ3v) is 7.24. The lowest BCUT2D eigenvalue weighted by Gasteiger charge is -2.22. The van der Waals surface area contributed by atoms with E-state index in [-0.39, 0.29) is 4.90 Å². The van der Waals surface area contributed by atoms with Crippen LogP contribution >= 0.6 is 0 Å². The van der Waals surface area contributed by atoms with Gasteiger partial charge < -0.3 is 14.6 Å². The number of hydrogen-bond donors (Lipinski definition) is 2. The minimum Gasteiger partial charge on any atom is -0.493 e. The largest absolute Gasteiger partial charge is 0.493 e. The predicted molar refractivity (Wildman–Crippen MR) is 117 cm³/mol. The van der Waals surface area contributed by atoms with E-state index in [0.29, 0.717) is 23.0 Å². The van der Waals surface area contributed by atoms with Crippen LogP contribution in [0.5, 0.6) is 11.5 Å². The molecule has 168 valence electrons. The average molecular weight is 448 g/mol. The molecule has 1 fully saturated rings. The molecule has 0 amide bonds. The van der Waals surface area contributed by atoms with Crippen LogP contribution < -0.4 is 14.2 Å². The number of carboxylic acid groups (broad SMARTS) is 1. The molecule has 7 nitrogen and oxygen atoms in total. The second-order valence-electron chi connectivity index (χ2n) is 7.79. The maximum Gasteiger partial charge on any atom is 0.305 e. The summed E-state index contributed by atoms with van der Waals surface area (Å²) in [4.78, 5) is 11.5. The van der Waals surface area contributed by atoms with Crippen LogP contribution in [-0.4, -0.2) is 33.7 Å². The van der Waals surface area contributed by atoms with E-state index in [4.69, 9.17) is 9.47 Å². The Labute approximate surface area is 183 Å². The van der Waals surface area contributed by atoms with Crippen molar-refractivity contribution in [1.29, 1.82) is 0 Å². The number of aliphatic carboxylic acids is 1. The summed E-state index contributed by atoms with van der Waals surface area (Å²) in [7, 11) is -0.965. The molecular weight excluding hydrogens is 418 g/mol. The lowest BCUT2D eigenvalue weighted by molar-refractivity contribution is -0.137. The molecular formula is C23H29NO6S. The molecule has 0 heterocycles. The number of ether oxygens (including phenoxy) is 2. The third-order valence-electron chi connectivity index (χ3n) is 5.75. The molecule has 1 saturated carbocycles. The van der Waals surface area contributed by atoms with E-state index < -0.39 is 28.5 Å². The normalized spacial score (nSPS) is 15.9. The van der Waals surface area contributed by atoms with E-state index in [2.05, 4.69) is 4.72 Å². The summed E-state index contributed by atoms with van der Waals surface area (Å²) in [5, 5.41) is 9.33. The van der Waals surface area contributed by atoms with Gasteiger partial charge in [-0.05, 0) is 54.2 Å². The number of sulfonamides is 1.